The fourth-order valence-electron chi connectivity index (χ4n) is 1.19. The van der Waals surface area contributed by atoms with E-state index >= 15 is 0 Å². The highest BCUT2D eigenvalue weighted by molar-refractivity contribution is 9.11. The molecule has 1 aromatic rings. The Kier molecular flexibility index (Phi) is 6.28. The number of ether oxygens (including phenoxy) is 1. The number of nitrogens with one attached hydrogen (secondary N) is 1. The second kappa shape index (κ2) is 7.25. The third-order valence-electron chi connectivity index (χ3n) is 1.97. The molecule has 0 fully saturated rings. The number of amides is 1. The molecular weight excluding hydrogens is 395 g/mol. The van der Waals surface area contributed by atoms with Gasteiger partial charge in [0.2, 0.25) is 0 Å². The van der Waals surface area contributed by atoms with E-state index in [1.807, 2.05) is 0 Å². The summed E-state index contributed by atoms with van der Waals surface area (Å²) in [4.78, 5) is 11.7. The van der Waals surface area contributed by atoms with E-state index in [-0.39, 0.29) is 19.1 Å². The number of carbonyl (C=O) groups is 1. The first-order valence-corrected chi connectivity index (χ1v) is 6.76. The summed E-state index contributed by atoms with van der Waals surface area (Å²) in [6, 6.07) is 5.00. The molecule has 1 rings (SSSR count). The number of hydrogen-bond donors (Lipinski definition) is 1. The molecule has 0 saturated carbocycles. The van der Waals surface area contributed by atoms with Gasteiger partial charge in [0, 0.05) is 15.5 Å². The summed E-state index contributed by atoms with van der Waals surface area (Å²) in [7, 11) is 0. The molecule has 0 heterocycles. The van der Waals surface area contributed by atoms with Gasteiger partial charge in [-0.25, -0.2) is 0 Å². The van der Waals surface area contributed by atoms with Crippen molar-refractivity contribution in [2.75, 3.05) is 19.8 Å². The van der Waals surface area contributed by atoms with E-state index in [1.54, 1.807) is 18.2 Å². The van der Waals surface area contributed by atoms with Crippen LogP contribution in [-0.4, -0.2) is 31.8 Å². The lowest BCUT2D eigenvalue weighted by atomic mass is 10.2. The van der Waals surface area contributed by atoms with Gasteiger partial charge in [-0.3, -0.25) is 4.79 Å². The van der Waals surface area contributed by atoms with Crippen molar-refractivity contribution in [1.29, 1.82) is 0 Å². The first kappa shape index (κ1) is 16.5. The van der Waals surface area contributed by atoms with Gasteiger partial charge in [-0.05, 0) is 34.1 Å². The lowest BCUT2D eigenvalue weighted by Crippen LogP contribution is -2.29. The molecule has 0 radical (unpaired) electrons. The molecule has 1 N–H and O–H groups in total. The number of halogens is 5. The molecule has 0 aromatic heterocycles. The van der Waals surface area contributed by atoms with Gasteiger partial charge in [0.1, 0.15) is 6.61 Å². The predicted octanol–water partition coefficient (Wildman–Crippen LogP) is 3.52. The summed E-state index contributed by atoms with van der Waals surface area (Å²) in [5.41, 5.74) is 0.402. The standard InChI is InChI=1S/C11H10Br2F3NO2/c12-7-1-2-8(9(13)5-7)10(18)17-3-4-19-6-11(14,15)16/h1-2,5H,3-4,6H2,(H,17,18). The molecule has 3 nitrogen and oxygen atoms in total. The van der Waals surface area contributed by atoms with Crippen LogP contribution >= 0.6 is 31.9 Å². The van der Waals surface area contributed by atoms with Crippen molar-refractivity contribution >= 4 is 37.8 Å². The van der Waals surface area contributed by atoms with Crippen LogP contribution in [-0.2, 0) is 4.74 Å². The fraction of sp³-hybridized carbons (Fsp3) is 0.364. The lowest BCUT2D eigenvalue weighted by molar-refractivity contribution is -0.173. The van der Waals surface area contributed by atoms with Crippen LogP contribution in [0.1, 0.15) is 10.4 Å². The molecule has 106 valence electrons. The molecule has 0 aliphatic heterocycles. The van der Waals surface area contributed by atoms with Crippen molar-refractivity contribution in [3.63, 3.8) is 0 Å². The Morgan fingerprint density at radius 1 is 1.32 bits per heavy atom. The minimum atomic E-state index is -4.35. The molecule has 0 aliphatic carbocycles. The molecule has 0 saturated heterocycles. The van der Waals surface area contributed by atoms with E-state index in [0.717, 1.165) is 4.47 Å². The number of benzene rings is 1. The van der Waals surface area contributed by atoms with Crippen molar-refractivity contribution in [3.8, 4) is 0 Å². The van der Waals surface area contributed by atoms with Crippen molar-refractivity contribution in [3.05, 3.63) is 32.7 Å². The van der Waals surface area contributed by atoms with Crippen molar-refractivity contribution in [2.24, 2.45) is 0 Å². The van der Waals surface area contributed by atoms with Crippen LogP contribution in [0.4, 0.5) is 13.2 Å². The maximum Gasteiger partial charge on any atom is 0.411 e. The minimum absolute atomic E-state index is 0.0113. The van der Waals surface area contributed by atoms with Crippen LogP contribution in [0.3, 0.4) is 0 Å². The summed E-state index contributed by atoms with van der Waals surface area (Å²) in [5, 5.41) is 2.47. The summed E-state index contributed by atoms with van der Waals surface area (Å²) >= 11 is 6.47. The Morgan fingerprint density at radius 2 is 2.00 bits per heavy atom. The van der Waals surface area contributed by atoms with Gasteiger partial charge in [0.25, 0.3) is 5.91 Å². The Balaban J connectivity index is 2.36. The van der Waals surface area contributed by atoms with Gasteiger partial charge < -0.3 is 10.1 Å². The molecular formula is C11H10Br2F3NO2. The van der Waals surface area contributed by atoms with Gasteiger partial charge >= 0.3 is 6.18 Å². The molecule has 0 bridgehead atoms. The van der Waals surface area contributed by atoms with E-state index in [1.165, 1.54) is 0 Å². The van der Waals surface area contributed by atoms with E-state index < -0.39 is 12.8 Å². The molecule has 0 aliphatic rings. The summed E-state index contributed by atoms with van der Waals surface area (Å²) in [6.45, 7) is -1.50. The molecule has 0 unspecified atom stereocenters. The van der Waals surface area contributed by atoms with Crippen LogP contribution in [0.25, 0.3) is 0 Å². The van der Waals surface area contributed by atoms with Gasteiger partial charge in [-0.1, -0.05) is 15.9 Å². The van der Waals surface area contributed by atoms with Crippen LogP contribution in [0.15, 0.2) is 27.1 Å². The van der Waals surface area contributed by atoms with Gasteiger partial charge in [-0.15, -0.1) is 0 Å². The van der Waals surface area contributed by atoms with E-state index in [0.29, 0.717) is 10.0 Å². The third kappa shape index (κ3) is 6.40. The maximum atomic E-state index is 11.8. The zero-order chi connectivity index (χ0) is 14.5. The average Bonchev–Trinajstić information content (AvgIpc) is 2.26. The highest BCUT2D eigenvalue weighted by Crippen LogP contribution is 2.21. The smallest absolute Gasteiger partial charge is 0.370 e. The minimum Gasteiger partial charge on any atom is -0.370 e. The SMILES string of the molecule is O=C(NCCOCC(F)(F)F)c1ccc(Br)cc1Br. The summed E-state index contributed by atoms with van der Waals surface area (Å²) in [6.07, 6.45) is -4.35. The topological polar surface area (TPSA) is 38.3 Å². The van der Waals surface area contributed by atoms with Gasteiger partial charge in [0.05, 0.1) is 12.2 Å². The highest BCUT2D eigenvalue weighted by Gasteiger charge is 2.27. The number of hydrogen-bond acceptors (Lipinski definition) is 2. The first-order valence-electron chi connectivity index (χ1n) is 5.17. The summed E-state index contributed by atoms with van der Waals surface area (Å²) in [5.74, 6) is -0.380. The van der Waals surface area contributed by atoms with Crippen LogP contribution < -0.4 is 5.32 Å². The number of alkyl halides is 3. The van der Waals surface area contributed by atoms with Crippen molar-refractivity contribution < 1.29 is 22.7 Å². The van der Waals surface area contributed by atoms with Crippen LogP contribution in [0, 0.1) is 0 Å². The average molecular weight is 405 g/mol. The van der Waals surface area contributed by atoms with Gasteiger partial charge in [-0.2, -0.15) is 13.2 Å². The maximum absolute atomic E-state index is 11.8. The molecule has 1 aromatic carbocycles. The van der Waals surface area contributed by atoms with E-state index in [2.05, 4.69) is 41.9 Å². The lowest BCUT2D eigenvalue weighted by Gasteiger charge is -2.09. The zero-order valence-electron chi connectivity index (χ0n) is 9.56. The second-order valence-corrected chi connectivity index (χ2v) is 5.32. The molecule has 19 heavy (non-hydrogen) atoms. The molecule has 8 heteroatoms. The zero-order valence-corrected chi connectivity index (χ0v) is 12.7. The van der Waals surface area contributed by atoms with Crippen molar-refractivity contribution in [2.45, 2.75) is 6.18 Å². The molecule has 0 spiro atoms. The first-order chi connectivity index (χ1) is 8.79. The highest BCUT2D eigenvalue weighted by atomic mass is 79.9. The third-order valence-corrected chi connectivity index (χ3v) is 3.12. The molecule has 0 atom stereocenters. The largest absolute Gasteiger partial charge is 0.411 e. The Hall–Kier alpha value is -0.600. The number of carbonyl (C=O) groups excluding carboxylic acids is 1. The Bertz CT molecular complexity index is 452. The monoisotopic (exact) mass is 403 g/mol. The quantitative estimate of drug-likeness (QED) is 0.762. The predicted molar refractivity (Wildman–Crippen MR) is 71.0 cm³/mol. The van der Waals surface area contributed by atoms with Crippen LogP contribution in [0.5, 0.6) is 0 Å². The normalized spacial score (nSPS) is 11.4. The van der Waals surface area contributed by atoms with E-state index in [4.69, 9.17) is 0 Å². The van der Waals surface area contributed by atoms with Crippen molar-refractivity contribution in [1.82, 2.24) is 5.32 Å². The number of rotatable bonds is 5. The summed E-state index contributed by atoms with van der Waals surface area (Å²) < 4.78 is 41.1. The fourth-order valence-corrected chi connectivity index (χ4v) is 2.42. The molecule has 1 amide bonds. The van der Waals surface area contributed by atoms with E-state index in [9.17, 15) is 18.0 Å². The Labute approximate surface area is 124 Å². The van der Waals surface area contributed by atoms with Gasteiger partial charge in [0.15, 0.2) is 0 Å². The second-order valence-electron chi connectivity index (χ2n) is 3.55. The van der Waals surface area contributed by atoms with Crippen LogP contribution in [0.2, 0.25) is 0 Å². The Morgan fingerprint density at radius 3 is 2.58 bits per heavy atom.